The first-order chi connectivity index (χ1) is 16.5. The van der Waals surface area contributed by atoms with Crippen molar-refractivity contribution >= 4 is 11.0 Å². The number of hydrogen-bond acceptors (Lipinski definition) is 3. The summed E-state index contributed by atoms with van der Waals surface area (Å²) in [6.07, 6.45) is -10.5. The highest BCUT2D eigenvalue weighted by Gasteiger charge is 2.56. The van der Waals surface area contributed by atoms with Gasteiger partial charge in [0.25, 0.3) is 0 Å². The monoisotopic (exact) mass is 522 g/mol. The second kappa shape index (κ2) is 10.7. The van der Waals surface area contributed by atoms with Gasteiger partial charge in [-0.15, -0.1) is 0 Å². The van der Waals surface area contributed by atoms with Gasteiger partial charge in [-0.3, -0.25) is 0 Å². The van der Waals surface area contributed by atoms with Crippen LogP contribution in [0.3, 0.4) is 0 Å². The molecule has 200 valence electrons. The number of methoxy groups -OCH3 is 1. The molecule has 3 rings (SSSR count). The summed E-state index contributed by atoms with van der Waals surface area (Å²) in [5, 5.41) is 10.7. The molecule has 0 fully saturated rings. The molecule has 2 N–H and O–H groups in total. The number of nitrogens with zero attached hydrogens (tertiary/aromatic N) is 1. The van der Waals surface area contributed by atoms with E-state index >= 15 is 0 Å². The van der Waals surface area contributed by atoms with Crippen molar-refractivity contribution in [2.75, 3.05) is 7.11 Å². The summed E-state index contributed by atoms with van der Waals surface area (Å²) in [4.78, 5) is 6.35. The van der Waals surface area contributed by atoms with Crippen molar-refractivity contribution in [2.45, 2.75) is 70.3 Å². The van der Waals surface area contributed by atoms with Crippen molar-refractivity contribution in [3.63, 3.8) is 0 Å². The van der Waals surface area contributed by atoms with Crippen LogP contribution in [0.5, 0.6) is 5.75 Å². The van der Waals surface area contributed by atoms with Crippen LogP contribution in [-0.4, -0.2) is 34.0 Å². The molecule has 1 heterocycles. The van der Waals surface area contributed by atoms with Gasteiger partial charge in [0.05, 0.1) is 23.7 Å². The second-order valence-electron chi connectivity index (χ2n) is 9.23. The van der Waals surface area contributed by atoms with E-state index in [4.69, 9.17) is 4.74 Å². The number of benzene rings is 2. The number of aromatic amines is 1. The summed E-state index contributed by atoms with van der Waals surface area (Å²) in [7, 11) is 1.28. The molecule has 0 aliphatic heterocycles. The van der Waals surface area contributed by atoms with E-state index in [9.17, 15) is 35.8 Å². The fourth-order valence-corrected chi connectivity index (χ4v) is 3.90. The van der Waals surface area contributed by atoms with Crippen LogP contribution in [0.25, 0.3) is 11.0 Å². The molecule has 4 nitrogen and oxygen atoms in total. The summed E-state index contributed by atoms with van der Waals surface area (Å²) >= 11 is 0. The lowest BCUT2D eigenvalue weighted by molar-refractivity contribution is -0.266. The van der Waals surface area contributed by atoms with E-state index < -0.39 is 47.6 Å². The third-order valence-corrected chi connectivity index (χ3v) is 5.47. The molecule has 2 aromatic carbocycles. The van der Waals surface area contributed by atoms with Crippen LogP contribution in [-0.2, 0) is 18.0 Å². The first kappa shape index (κ1) is 29.4. The number of nitrogens with one attached hydrogen (secondary N) is 1. The molecule has 1 unspecified atom stereocenters. The van der Waals surface area contributed by atoms with Crippen LogP contribution < -0.4 is 4.74 Å². The van der Waals surface area contributed by atoms with Crippen LogP contribution in [0.4, 0.5) is 30.7 Å². The van der Waals surface area contributed by atoms with Crippen molar-refractivity contribution in [3.8, 4) is 5.75 Å². The summed E-state index contributed by atoms with van der Waals surface area (Å²) in [6, 6.07) is 5.94. The Labute approximate surface area is 204 Å². The topological polar surface area (TPSA) is 58.1 Å². The van der Waals surface area contributed by atoms with Gasteiger partial charge in [-0.05, 0) is 48.2 Å². The van der Waals surface area contributed by atoms with Gasteiger partial charge in [-0.25, -0.2) is 9.37 Å². The minimum Gasteiger partial charge on any atom is -0.496 e. The maximum absolute atomic E-state index is 14.0. The molecule has 0 saturated carbocycles. The summed E-state index contributed by atoms with van der Waals surface area (Å²) in [5.74, 6) is -0.882. The number of rotatable bonds is 6. The molecule has 0 aliphatic carbocycles. The Morgan fingerprint density at radius 2 is 1.58 bits per heavy atom. The van der Waals surface area contributed by atoms with Gasteiger partial charge in [-0.2, -0.15) is 26.3 Å². The summed E-state index contributed by atoms with van der Waals surface area (Å²) < 4.78 is 99.8. The lowest BCUT2D eigenvalue weighted by atomic mass is 9.73. The normalized spacial score (nSPS) is 14.2. The molecule has 1 atom stereocenters. The average molecular weight is 523 g/mol. The van der Waals surface area contributed by atoms with E-state index in [0.29, 0.717) is 0 Å². The first-order valence-electron chi connectivity index (χ1n) is 11.2. The fourth-order valence-electron chi connectivity index (χ4n) is 3.90. The summed E-state index contributed by atoms with van der Waals surface area (Å²) in [6.45, 7) is 7.05. The largest absolute Gasteiger partial charge is 0.496 e. The fraction of sp³-hybridized carbons (Fsp3) is 0.480. The Morgan fingerprint density at radius 3 is 2.11 bits per heavy atom. The zero-order valence-electron chi connectivity index (χ0n) is 20.5. The molecule has 0 saturated heterocycles. The number of aliphatic hydroxyl groups is 1. The predicted molar refractivity (Wildman–Crippen MR) is 122 cm³/mol. The van der Waals surface area contributed by atoms with Crippen LogP contribution >= 0.6 is 0 Å². The molecule has 0 aliphatic rings. The lowest BCUT2D eigenvalue weighted by Gasteiger charge is -2.38. The molecule has 0 amide bonds. The van der Waals surface area contributed by atoms with Crippen molar-refractivity contribution < 1.29 is 40.6 Å². The number of alkyl halides is 6. The Bertz CT molecular complexity index is 1170. The number of hydrogen-bond donors (Lipinski definition) is 2. The molecular formula is C25H29F7N2O2. The van der Waals surface area contributed by atoms with Crippen LogP contribution in [0.1, 0.15) is 57.5 Å². The number of ether oxygens (including phenoxy) is 1. The highest BCUT2D eigenvalue weighted by Crippen LogP contribution is 2.45. The van der Waals surface area contributed by atoms with E-state index in [-0.39, 0.29) is 28.2 Å². The Morgan fingerprint density at radius 1 is 0.972 bits per heavy atom. The predicted octanol–water partition coefficient (Wildman–Crippen LogP) is 7.35. The van der Waals surface area contributed by atoms with E-state index in [1.807, 2.05) is 0 Å². The summed E-state index contributed by atoms with van der Waals surface area (Å²) in [5.41, 5.74) is -5.70. The Kier molecular flexibility index (Phi) is 8.71. The molecule has 11 heteroatoms. The average Bonchev–Trinajstić information content (AvgIpc) is 3.13. The van der Waals surface area contributed by atoms with Crippen molar-refractivity contribution in [1.29, 1.82) is 0 Å². The van der Waals surface area contributed by atoms with E-state index in [2.05, 4.69) is 23.8 Å². The number of imidazole rings is 1. The minimum atomic E-state index is -5.12. The zero-order valence-corrected chi connectivity index (χ0v) is 20.5. The molecule has 1 aromatic heterocycles. The van der Waals surface area contributed by atoms with Gasteiger partial charge in [0.1, 0.15) is 17.4 Å². The first-order valence-corrected chi connectivity index (χ1v) is 11.2. The van der Waals surface area contributed by atoms with Crippen molar-refractivity contribution in [2.24, 2.45) is 0 Å². The second-order valence-corrected chi connectivity index (χ2v) is 9.23. The minimum absolute atomic E-state index is 0.0218. The Hall–Kier alpha value is -2.82. The van der Waals surface area contributed by atoms with Gasteiger partial charge < -0.3 is 14.8 Å². The molecule has 0 bridgehead atoms. The SMILES string of the molecule is CCC.COc1ccc(F)cc1C(C)(C)CC(O)(Cc1nc2ccc(C(F)(F)F)cc2[nH]1)C(F)(F)F. The Balaban J connectivity index is 0.00000145. The zero-order chi connectivity index (χ0) is 27.5. The van der Waals surface area contributed by atoms with Crippen LogP contribution in [0.15, 0.2) is 36.4 Å². The number of halogens is 7. The quantitative estimate of drug-likeness (QED) is 0.333. The van der Waals surface area contributed by atoms with E-state index in [1.54, 1.807) is 0 Å². The van der Waals surface area contributed by atoms with Crippen molar-refractivity contribution in [1.82, 2.24) is 9.97 Å². The standard InChI is InChI=1S/C22H21F7N2O2.C3H8/c1-19(2,14-9-13(23)5-7-17(14)33-3)11-20(32,22(27,28)29)10-18-30-15-6-4-12(21(24,25)26)8-16(15)31-18;1-3-2/h4-9,32H,10-11H2,1-3H3,(H,30,31);3H2,1-2H3. The lowest BCUT2D eigenvalue weighted by Crippen LogP contribution is -2.51. The molecule has 0 spiro atoms. The highest BCUT2D eigenvalue weighted by atomic mass is 19.4. The van der Waals surface area contributed by atoms with Gasteiger partial charge in [-0.1, -0.05) is 34.1 Å². The van der Waals surface area contributed by atoms with Gasteiger partial charge in [0.15, 0.2) is 5.60 Å². The van der Waals surface area contributed by atoms with Crippen molar-refractivity contribution in [3.05, 3.63) is 59.2 Å². The highest BCUT2D eigenvalue weighted by molar-refractivity contribution is 5.76. The van der Waals surface area contributed by atoms with E-state index in [0.717, 1.165) is 30.3 Å². The van der Waals surface area contributed by atoms with Crippen LogP contribution in [0, 0.1) is 5.82 Å². The van der Waals surface area contributed by atoms with Crippen LogP contribution in [0.2, 0.25) is 0 Å². The smallest absolute Gasteiger partial charge is 0.417 e. The maximum Gasteiger partial charge on any atom is 0.417 e. The number of H-pyrrole nitrogens is 1. The van der Waals surface area contributed by atoms with Gasteiger partial charge in [0.2, 0.25) is 0 Å². The molecule has 0 radical (unpaired) electrons. The third kappa shape index (κ3) is 6.68. The van der Waals surface area contributed by atoms with Gasteiger partial charge in [0, 0.05) is 12.0 Å². The molecule has 3 aromatic rings. The number of fused-ring (bicyclic) bond motifs is 1. The van der Waals surface area contributed by atoms with Gasteiger partial charge >= 0.3 is 12.4 Å². The number of aromatic nitrogens is 2. The molecular weight excluding hydrogens is 493 g/mol. The molecule has 36 heavy (non-hydrogen) atoms. The van der Waals surface area contributed by atoms with E-state index in [1.165, 1.54) is 33.4 Å². The third-order valence-electron chi connectivity index (χ3n) is 5.47. The maximum atomic E-state index is 14.0.